The zero-order chi connectivity index (χ0) is 36.5. The molecule has 8 nitrogen and oxygen atoms in total. The van der Waals surface area contributed by atoms with E-state index in [9.17, 15) is 19.2 Å². The first kappa shape index (κ1) is 36.0. The van der Waals surface area contributed by atoms with Gasteiger partial charge in [0.05, 0.1) is 24.7 Å². The summed E-state index contributed by atoms with van der Waals surface area (Å²) in [4.78, 5) is 28.5. The fourth-order valence-electron chi connectivity index (χ4n) is 6.05. The Kier molecular flexibility index (Phi) is 11.8. The molecule has 264 valence electrons. The van der Waals surface area contributed by atoms with Crippen molar-refractivity contribution in [3.8, 4) is 39.1 Å². The van der Waals surface area contributed by atoms with Gasteiger partial charge in [0.1, 0.15) is 18.5 Å². The van der Waals surface area contributed by atoms with Crippen molar-refractivity contribution in [2.45, 2.75) is 32.0 Å². The Morgan fingerprint density at radius 1 is 0.923 bits per heavy atom. The first-order valence-electron chi connectivity index (χ1n) is 16.9. The van der Waals surface area contributed by atoms with Crippen LogP contribution in [-0.2, 0) is 22.7 Å². The number of carbonyl (C=O) groups excluding carboxylic acids is 2. The topological polar surface area (TPSA) is 101 Å². The first-order valence-corrected chi connectivity index (χ1v) is 17.7. The third kappa shape index (κ3) is 8.75. The van der Waals surface area contributed by atoms with Crippen molar-refractivity contribution >= 4 is 29.3 Å². The number of methoxy groups -OCH3 is 2. The standard InChI is InChI=1S/C42H38FN3O5S/c1-49-37-16-15-32(23-38(37)51-27-30-6-4-3-5-7-30)41-35(31-13-14-33(25-44)36(43)22-31)24-39(52-41)42(48)46-20-18-34(19-21-46)45-26-29-10-8-28(9-11-29)12-17-40(47)50-2/h3-17,22-24,34,45H,18-21,26-27H2,1-2H3/b17-12+. The molecule has 1 fully saturated rings. The number of rotatable bonds is 12. The summed E-state index contributed by atoms with van der Waals surface area (Å²) in [6.07, 6.45) is 4.72. The van der Waals surface area contributed by atoms with Gasteiger partial charge in [-0.2, -0.15) is 5.26 Å². The Morgan fingerprint density at radius 3 is 2.37 bits per heavy atom. The number of thiophene rings is 1. The van der Waals surface area contributed by atoms with Gasteiger partial charge in [-0.25, -0.2) is 9.18 Å². The summed E-state index contributed by atoms with van der Waals surface area (Å²) in [5.74, 6) is 0.0263. The van der Waals surface area contributed by atoms with E-state index in [4.69, 9.17) is 9.47 Å². The number of benzene rings is 4. The molecule has 10 heteroatoms. The molecule has 5 aromatic rings. The predicted molar refractivity (Wildman–Crippen MR) is 200 cm³/mol. The van der Waals surface area contributed by atoms with E-state index in [-0.39, 0.29) is 17.5 Å². The van der Waals surface area contributed by atoms with Crippen molar-refractivity contribution < 1.29 is 28.2 Å². The highest BCUT2D eigenvalue weighted by Crippen LogP contribution is 2.43. The Bertz CT molecular complexity index is 2100. The minimum Gasteiger partial charge on any atom is -0.493 e. The smallest absolute Gasteiger partial charge is 0.330 e. The number of likely N-dealkylation sites (tertiary alicyclic amines) is 1. The molecule has 6 rings (SSSR count). The molecule has 1 saturated heterocycles. The third-order valence-electron chi connectivity index (χ3n) is 8.98. The lowest BCUT2D eigenvalue weighted by Gasteiger charge is -2.32. The molecule has 1 N–H and O–H groups in total. The van der Waals surface area contributed by atoms with E-state index in [0.717, 1.165) is 40.0 Å². The maximum Gasteiger partial charge on any atom is 0.330 e. The van der Waals surface area contributed by atoms with Crippen LogP contribution in [0.25, 0.3) is 27.6 Å². The van der Waals surface area contributed by atoms with Crippen molar-refractivity contribution in [2.24, 2.45) is 0 Å². The molecule has 0 bridgehead atoms. The van der Waals surface area contributed by atoms with Gasteiger partial charge >= 0.3 is 5.97 Å². The van der Waals surface area contributed by atoms with Crippen molar-refractivity contribution in [3.63, 3.8) is 0 Å². The molecule has 4 aromatic carbocycles. The number of carbonyl (C=O) groups is 2. The van der Waals surface area contributed by atoms with Crippen LogP contribution in [0.1, 0.15) is 44.8 Å². The number of halogens is 1. The second-order valence-electron chi connectivity index (χ2n) is 12.3. The molecular weight excluding hydrogens is 678 g/mol. The lowest BCUT2D eigenvalue weighted by molar-refractivity contribution is -0.134. The highest BCUT2D eigenvalue weighted by atomic mass is 32.1. The summed E-state index contributed by atoms with van der Waals surface area (Å²) in [5.41, 5.74) is 5.06. The van der Waals surface area contributed by atoms with Crippen LogP contribution < -0.4 is 14.8 Å². The van der Waals surface area contributed by atoms with Gasteiger partial charge in [0, 0.05) is 42.2 Å². The number of esters is 1. The van der Waals surface area contributed by atoms with Gasteiger partial charge in [-0.15, -0.1) is 11.3 Å². The molecule has 1 aromatic heterocycles. The van der Waals surface area contributed by atoms with Gasteiger partial charge in [0.25, 0.3) is 5.91 Å². The normalized spacial score (nSPS) is 13.2. The van der Waals surface area contributed by atoms with Gasteiger partial charge < -0.3 is 24.4 Å². The monoisotopic (exact) mass is 715 g/mol. The van der Waals surface area contributed by atoms with E-state index in [2.05, 4.69) is 10.1 Å². The Morgan fingerprint density at radius 2 is 1.67 bits per heavy atom. The second-order valence-corrected chi connectivity index (χ2v) is 13.4. The summed E-state index contributed by atoms with van der Waals surface area (Å²) in [7, 11) is 2.93. The van der Waals surface area contributed by atoms with E-state index in [0.29, 0.717) is 53.7 Å². The summed E-state index contributed by atoms with van der Waals surface area (Å²) >= 11 is 1.36. The molecule has 0 unspecified atom stereocenters. The van der Waals surface area contributed by atoms with Gasteiger partial charge in [-0.05, 0) is 83.1 Å². The molecule has 1 aliphatic heterocycles. The minimum absolute atomic E-state index is 0.0424. The molecule has 1 aliphatic rings. The quantitative estimate of drug-likeness (QED) is 0.103. The SMILES string of the molecule is COC(=O)/C=C/c1ccc(CNC2CCN(C(=O)c3cc(-c4ccc(C#N)c(F)c4)c(-c4ccc(OC)c(OCc5ccccc5)c4)s3)CC2)cc1. The molecule has 0 spiro atoms. The molecule has 0 aliphatic carbocycles. The van der Waals surface area contributed by atoms with Crippen LogP contribution in [-0.4, -0.2) is 50.1 Å². The van der Waals surface area contributed by atoms with E-state index in [1.165, 1.54) is 36.7 Å². The Hall–Kier alpha value is -5.76. The number of ether oxygens (including phenoxy) is 3. The summed E-state index contributed by atoms with van der Waals surface area (Å²) in [5, 5.41) is 12.9. The molecule has 0 saturated carbocycles. The number of hydrogen-bond donors (Lipinski definition) is 1. The van der Waals surface area contributed by atoms with Gasteiger partial charge in [-0.3, -0.25) is 4.79 Å². The van der Waals surface area contributed by atoms with Crippen LogP contribution in [0, 0.1) is 17.1 Å². The third-order valence-corrected chi connectivity index (χ3v) is 10.1. The summed E-state index contributed by atoms with van der Waals surface area (Å²) in [6, 6.07) is 31.9. The Balaban J connectivity index is 1.18. The number of piperidine rings is 1. The fraction of sp³-hybridized carbons (Fsp3) is 0.214. The highest BCUT2D eigenvalue weighted by molar-refractivity contribution is 7.18. The highest BCUT2D eigenvalue weighted by Gasteiger charge is 2.27. The van der Waals surface area contributed by atoms with Crippen LogP contribution in [0.5, 0.6) is 11.5 Å². The molecule has 1 amide bonds. The van der Waals surface area contributed by atoms with Crippen molar-refractivity contribution in [1.82, 2.24) is 10.2 Å². The van der Waals surface area contributed by atoms with Crippen LogP contribution in [0.15, 0.2) is 103 Å². The van der Waals surface area contributed by atoms with E-state index >= 15 is 0 Å². The van der Waals surface area contributed by atoms with Gasteiger partial charge in [-0.1, -0.05) is 60.7 Å². The molecule has 0 radical (unpaired) electrons. The maximum atomic E-state index is 14.9. The number of hydrogen-bond acceptors (Lipinski definition) is 8. The second kappa shape index (κ2) is 17.0. The zero-order valence-electron chi connectivity index (χ0n) is 28.9. The van der Waals surface area contributed by atoms with Gasteiger partial charge in [0.2, 0.25) is 0 Å². The van der Waals surface area contributed by atoms with Crippen LogP contribution in [0.2, 0.25) is 0 Å². The predicted octanol–water partition coefficient (Wildman–Crippen LogP) is 8.26. The average molecular weight is 716 g/mol. The zero-order valence-corrected chi connectivity index (χ0v) is 29.8. The average Bonchev–Trinajstić information content (AvgIpc) is 3.64. The largest absolute Gasteiger partial charge is 0.493 e. The Labute approximate surface area is 306 Å². The number of nitrogens with one attached hydrogen (secondary N) is 1. The lowest BCUT2D eigenvalue weighted by Crippen LogP contribution is -2.44. The van der Waals surface area contributed by atoms with Crippen molar-refractivity contribution in [1.29, 1.82) is 5.26 Å². The summed E-state index contributed by atoms with van der Waals surface area (Å²) < 4.78 is 31.3. The number of amides is 1. The first-order chi connectivity index (χ1) is 25.3. The molecular formula is C42H38FN3O5S. The lowest BCUT2D eigenvalue weighted by atomic mass is 10.00. The maximum absolute atomic E-state index is 14.9. The van der Waals surface area contributed by atoms with Crippen LogP contribution >= 0.6 is 11.3 Å². The minimum atomic E-state index is -0.618. The van der Waals surface area contributed by atoms with Gasteiger partial charge in [0.15, 0.2) is 11.5 Å². The number of nitriles is 1. The summed E-state index contributed by atoms with van der Waals surface area (Å²) in [6.45, 7) is 2.23. The molecule has 2 heterocycles. The van der Waals surface area contributed by atoms with E-state index in [1.807, 2.05) is 89.8 Å². The molecule has 52 heavy (non-hydrogen) atoms. The van der Waals surface area contributed by atoms with Crippen LogP contribution in [0.3, 0.4) is 0 Å². The number of nitrogens with zero attached hydrogens (tertiary/aromatic N) is 2. The van der Waals surface area contributed by atoms with E-state index < -0.39 is 11.8 Å². The molecule has 0 atom stereocenters. The van der Waals surface area contributed by atoms with Crippen LogP contribution in [0.4, 0.5) is 4.39 Å². The van der Waals surface area contributed by atoms with Crippen molar-refractivity contribution in [2.75, 3.05) is 27.3 Å². The van der Waals surface area contributed by atoms with Crippen molar-refractivity contribution in [3.05, 3.63) is 136 Å². The fourth-order valence-corrected chi connectivity index (χ4v) is 7.19. The van der Waals surface area contributed by atoms with E-state index in [1.54, 1.807) is 19.3 Å².